The lowest BCUT2D eigenvalue weighted by Crippen LogP contribution is -2.02. The minimum absolute atomic E-state index is 0.155. The van der Waals surface area contributed by atoms with E-state index < -0.39 is 5.97 Å². The molecule has 0 aliphatic rings. The van der Waals surface area contributed by atoms with E-state index in [4.69, 9.17) is 16.7 Å². The number of nitrogens with one attached hydrogen (secondary N) is 1. The molecule has 1 aromatic carbocycles. The zero-order valence-corrected chi connectivity index (χ0v) is 9.44. The van der Waals surface area contributed by atoms with Gasteiger partial charge in [-0.05, 0) is 18.2 Å². The van der Waals surface area contributed by atoms with Gasteiger partial charge >= 0.3 is 5.97 Å². The molecule has 0 fully saturated rings. The molecule has 0 saturated carbocycles. The second-order valence-electron chi connectivity index (χ2n) is 3.34. The Morgan fingerprint density at radius 1 is 1.47 bits per heavy atom. The van der Waals surface area contributed by atoms with Gasteiger partial charge in [0.25, 0.3) is 0 Å². The van der Waals surface area contributed by atoms with Crippen LogP contribution in [0.3, 0.4) is 0 Å². The molecule has 2 aromatic rings. The number of carbonyl (C=O) groups is 1. The normalized spacial score (nSPS) is 10.2. The van der Waals surface area contributed by atoms with E-state index in [2.05, 4.69) is 15.0 Å². The molecule has 17 heavy (non-hydrogen) atoms. The molecule has 0 amide bonds. The maximum absolute atomic E-state index is 10.7. The van der Waals surface area contributed by atoms with Crippen molar-refractivity contribution in [2.75, 3.05) is 5.32 Å². The molecule has 0 atom stereocenters. The molecule has 0 aliphatic heterocycles. The lowest BCUT2D eigenvalue weighted by molar-refractivity contribution is 0.0697. The average molecular weight is 253 g/mol. The number of carboxylic acids is 1. The Morgan fingerprint density at radius 3 is 2.88 bits per heavy atom. The number of aromatic nitrogens is 1. The number of hydrogen-bond acceptors (Lipinski definition) is 4. The van der Waals surface area contributed by atoms with Gasteiger partial charge in [-0.25, -0.2) is 4.79 Å². The Kier molecular flexibility index (Phi) is 3.30. The van der Waals surface area contributed by atoms with E-state index >= 15 is 0 Å². The van der Waals surface area contributed by atoms with Crippen LogP contribution in [-0.2, 0) is 6.54 Å². The average Bonchev–Trinajstić information content (AvgIpc) is 2.80. The highest BCUT2D eigenvalue weighted by Crippen LogP contribution is 2.23. The number of nitrogens with zero attached hydrogens (tertiary/aromatic N) is 1. The van der Waals surface area contributed by atoms with Gasteiger partial charge in [0, 0.05) is 6.07 Å². The van der Waals surface area contributed by atoms with Crippen molar-refractivity contribution >= 4 is 23.3 Å². The van der Waals surface area contributed by atoms with Crippen molar-refractivity contribution in [2.45, 2.75) is 6.54 Å². The van der Waals surface area contributed by atoms with Crippen LogP contribution >= 0.6 is 11.6 Å². The first-order valence-electron chi connectivity index (χ1n) is 4.83. The third-order valence-corrected chi connectivity index (χ3v) is 2.48. The Labute approximate surface area is 102 Å². The smallest absolute Gasteiger partial charge is 0.335 e. The van der Waals surface area contributed by atoms with Gasteiger partial charge in [0.2, 0.25) is 0 Å². The van der Waals surface area contributed by atoms with E-state index in [0.717, 1.165) is 5.69 Å². The summed E-state index contributed by atoms with van der Waals surface area (Å²) in [5.74, 6) is -1.00. The SMILES string of the molecule is O=C(O)c1ccc(NCc2ccon2)c(Cl)c1. The minimum Gasteiger partial charge on any atom is -0.478 e. The predicted molar refractivity (Wildman–Crippen MR) is 62.2 cm³/mol. The highest BCUT2D eigenvalue weighted by Gasteiger charge is 2.07. The van der Waals surface area contributed by atoms with E-state index in [0.29, 0.717) is 17.3 Å². The summed E-state index contributed by atoms with van der Waals surface area (Å²) in [7, 11) is 0. The van der Waals surface area contributed by atoms with Crippen LogP contribution in [0.1, 0.15) is 16.1 Å². The Bertz CT molecular complexity index is 526. The Balaban J connectivity index is 2.09. The van der Waals surface area contributed by atoms with Crippen molar-refractivity contribution in [3.8, 4) is 0 Å². The molecule has 0 radical (unpaired) electrons. The summed E-state index contributed by atoms with van der Waals surface area (Å²) in [6.45, 7) is 0.461. The van der Waals surface area contributed by atoms with Gasteiger partial charge in [-0.15, -0.1) is 0 Å². The first-order valence-corrected chi connectivity index (χ1v) is 5.20. The number of aromatic carboxylic acids is 1. The molecular formula is C11H9ClN2O3. The van der Waals surface area contributed by atoms with Crippen LogP contribution in [0.15, 0.2) is 35.1 Å². The number of hydrogen-bond donors (Lipinski definition) is 2. The summed E-state index contributed by atoms with van der Waals surface area (Å²) in [5.41, 5.74) is 1.55. The molecule has 1 heterocycles. The van der Waals surface area contributed by atoms with Crippen LogP contribution in [0, 0.1) is 0 Å². The molecule has 0 aliphatic carbocycles. The van der Waals surface area contributed by atoms with Gasteiger partial charge in [0.05, 0.1) is 22.8 Å². The maximum atomic E-state index is 10.7. The van der Waals surface area contributed by atoms with Gasteiger partial charge in [-0.1, -0.05) is 16.8 Å². The van der Waals surface area contributed by atoms with Crippen molar-refractivity contribution in [1.82, 2.24) is 5.16 Å². The van der Waals surface area contributed by atoms with E-state index in [1.165, 1.54) is 18.4 Å². The van der Waals surface area contributed by atoms with E-state index in [1.54, 1.807) is 12.1 Å². The first-order chi connectivity index (χ1) is 8.16. The molecule has 6 heteroatoms. The molecule has 5 nitrogen and oxygen atoms in total. The van der Waals surface area contributed by atoms with Crippen LogP contribution in [0.4, 0.5) is 5.69 Å². The van der Waals surface area contributed by atoms with Gasteiger partial charge < -0.3 is 14.9 Å². The number of rotatable bonds is 4. The molecule has 2 rings (SSSR count). The third-order valence-electron chi connectivity index (χ3n) is 2.17. The lowest BCUT2D eigenvalue weighted by Gasteiger charge is -2.07. The van der Waals surface area contributed by atoms with Crippen molar-refractivity contribution in [1.29, 1.82) is 0 Å². The monoisotopic (exact) mass is 252 g/mol. The molecule has 0 unspecified atom stereocenters. The van der Waals surface area contributed by atoms with Crippen molar-refractivity contribution in [3.05, 3.63) is 46.8 Å². The summed E-state index contributed by atoms with van der Waals surface area (Å²) in [6.07, 6.45) is 1.48. The summed E-state index contributed by atoms with van der Waals surface area (Å²) < 4.78 is 4.68. The Hall–Kier alpha value is -2.01. The van der Waals surface area contributed by atoms with Crippen molar-refractivity contribution in [2.24, 2.45) is 0 Å². The van der Waals surface area contributed by atoms with Crippen LogP contribution < -0.4 is 5.32 Å². The zero-order chi connectivity index (χ0) is 12.3. The second-order valence-corrected chi connectivity index (χ2v) is 3.75. The van der Waals surface area contributed by atoms with Gasteiger partial charge in [-0.3, -0.25) is 0 Å². The van der Waals surface area contributed by atoms with Gasteiger partial charge in [0.15, 0.2) is 0 Å². The highest BCUT2D eigenvalue weighted by atomic mass is 35.5. The fourth-order valence-electron chi connectivity index (χ4n) is 1.31. The summed E-state index contributed by atoms with van der Waals surface area (Å²) >= 11 is 5.94. The summed E-state index contributed by atoms with van der Waals surface area (Å²) in [4.78, 5) is 10.7. The third kappa shape index (κ3) is 2.76. The van der Waals surface area contributed by atoms with Crippen LogP contribution in [0.2, 0.25) is 5.02 Å². The highest BCUT2D eigenvalue weighted by molar-refractivity contribution is 6.33. The van der Waals surface area contributed by atoms with Crippen LogP contribution in [-0.4, -0.2) is 16.2 Å². The van der Waals surface area contributed by atoms with Gasteiger partial charge in [-0.2, -0.15) is 0 Å². The number of anilines is 1. The molecule has 0 spiro atoms. The topological polar surface area (TPSA) is 75.4 Å². The molecule has 88 valence electrons. The molecule has 2 N–H and O–H groups in total. The summed E-state index contributed by atoms with van der Waals surface area (Å²) in [5, 5.41) is 15.9. The van der Waals surface area contributed by atoms with Crippen LogP contribution in [0.5, 0.6) is 0 Å². The number of carboxylic acid groups (broad SMARTS) is 1. The van der Waals surface area contributed by atoms with Crippen LogP contribution in [0.25, 0.3) is 0 Å². The molecular weight excluding hydrogens is 244 g/mol. The zero-order valence-electron chi connectivity index (χ0n) is 8.68. The van der Waals surface area contributed by atoms with E-state index in [9.17, 15) is 4.79 Å². The second kappa shape index (κ2) is 4.88. The standard InChI is InChI=1S/C11H9ClN2O3/c12-9-5-7(11(15)16)1-2-10(9)13-6-8-3-4-17-14-8/h1-5,13H,6H2,(H,15,16). The van der Waals surface area contributed by atoms with Crippen molar-refractivity contribution < 1.29 is 14.4 Å². The fraction of sp³-hybridized carbons (Fsp3) is 0.0909. The van der Waals surface area contributed by atoms with E-state index in [1.807, 2.05) is 0 Å². The van der Waals surface area contributed by atoms with E-state index in [-0.39, 0.29) is 5.56 Å². The van der Waals surface area contributed by atoms with Gasteiger partial charge in [0.1, 0.15) is 12.0 Å². The lowest BCUT2D eigenvalue weighted by atomic mass is 10.2. The number of halogens is 1. The number of benzene rings is 1. The first kappa shape index (κ1) is 11.5. The molecule has 0 bridgehead atoms. The summed E-state index contributed by atoms with van der Waals surface area (Å²) in [6, 6.07) is 6.23. The van der Waals surface area contributed by atoms with Crippen molar-refractivity contribution in [3.63, 3.8) is 0 Å². The fourth-order valence-corrected chi connectivity index (χ4v) is 1.55. The Morgan fingerprint density at radius 2 is 2.29 bits per heavy atom. The maximum Gasteiger partial charge on any atom is 0.335 e. The molecule has 1 aromatic heterocycles. The molecule has 0 saturated heterocycles. The quantitative estimate of drug-likeness (QED) is 0.875. The predicted octanol–water partition coefficient (Wildman–Crippen LogP) is 2.64. The minimum atomic E-state index is -1.00. The largest absolute Gasteiger partial charge is 0.478 e.